The Hall–Kier alpha value is -0.520. The lowest BCUT2D eigenvalue weighted by atomic mass is 10.3. The molecule has 0 radical (unpaired) electrons. The average molecular weight is 246 g/mol. The molecule has 4 nitrogen and oxygen atoms in total. The van der Waals surface area contributed by atoms with Gasteiger partial charge in [0.2, 0.25) is 5.88 Å². The highest BCUT2D eigenvalue weighted by atomic mass is 35.5. The second kappa shape index (κ2) is 5.01. The lowest BCUT2D eigenvalue weighted by molar-refractivity contribution is 0.212. The quantitative estimate of drug-likeness (QED) is 0.498. The summed E-state index contributed by atoms with van der Waals surface area (Å²) in [5.41, 5.74) is 0. The molecule has 1 aromatic rings. The molecule has 1 fully saturated rings. The zero-order valence-electron chi connectivity index (χ0n) is 8.36. The fourth-order valence-electron chi connectivity index (χ4n) is 1.43. The SMILES string of the molecule is CSc1nc(Cl)cc(O[C@H]2CCNC2)n1. The summed E-state index contributed by atoms with van der Waals surface area (Å²) in [5.74, 6) is 0.563. The molecule has 0 saturated carbocycles. The van der Waals surface area contributed by atoms with Crippen molar-refractivity contribution in [1.29, 1.82) is 0 Å². The number of nitrogens with zero attached hydrogens (tertiary/aromatic N) is 2. The van der Waals surface area contributed by atoms with E-state index in [1.165, 1.54) is 11.8 Å². The van der Waals surface area contributed by atoms with E-state index >= 15 is 0 Å². The van der Waals surface area contributed by atoms with Gasteiger partial charge in [-0.2, -0.15) is 4.98 Å². The van der Waals surface area contributed by atoms with E-state index < -0.39 is 0 Å². The van der Waals surface area contributed by atoms with Crippen molar-refractivity contribution in [2.24, 2.45) is 0 Å². The van der Waals surface area contributed by atoms with E-state index in [1.807, 2.05) is 6.26 Å². The summed E-state index contributed by atoms with van der Waals surface area (Å²) in [7, 11) is 0. The zero-order chi connectivity index (χ0) is 10.7. The van der Waals surface area contributed by atoms with Gasteiger partial charge < -0.3 is 10.1 Å². The minimum atomic E-state index is 0.200. The highest BCUT2D eigenvalue weighted by Gasteiger charge is 2.17. The third-order valence-electron chi connectivity index (χ3n) is 2.14. The van der Waals surface area contributed by atoms with Crippen molar-refractivity contribution in [2.45, 2.75) is 17.7 Å². The highest BCUT2D eigenvalue weighted by Crippen LogP contribution is 2.20. The molecular formula is C9H12ClN3OS. The number of thioether (sulfide) groups is 1. The first-order valence-electron chi connectivity index (χ1n) is 4.74. The van der Waals surface area contributed by atoms with Crippen LogP contribution in [0.3, 0.4) is 0 Å². The molecule has 1 aliphatic rings. The topological polar surface area (TPSA) is 47.0 Å². The molecule has 6 heteroatoms. The number of halogens is 1. The van der Waals surface area contributed by atoms with E-state index in [4.69, 9.17) is 16.3 Å². The second-order valence-corrected chi connectivity index (χ2v) is 4.41. The molecule has 0 spiro atoms. The van der Waals surface area contributed by atoms with Crippen LogP contribution in [0.2, 0.25) is 5.15 Å². The standard InChI is InChI=1S/C9H12ClN3OS/c1-15-9-12-7(10)4-8(13-9)14-6-2-3-11-5-6/h4,6,11H,2-3,5H2,1H3/t6-/m0/s1. The first-order valence-corrected chi connectivity index (χ1v) is 6.34. The van der Waals surface area contributed by atoms with Crippen LogP contribution in [0.15, 0.2) is 11.2 Å². The largest absolute Gasteiger partial charge is 0.473 e. The molecule has 0 amide bonds. The van der Waals surface area contributed by atoms with E-state index in [2.05, 4.69) is 15.3 Å². The Morgan fingerprint density at radius 2 is 2.47 bits per heavy atom. The maximum Gasteiger partial charge on any atom is 0.219 e. The Morgan fingerprint density at radius 1 is 1.60 bits per heavy atom. The predicted molar refractivity (Wildman–Crippen MR) is 60.7 cm³/mol. The van der Waals surface area contributed by atoms with Crippen LogP contribution < -0.4 is 10.1 Å². The van der Waals surface area contributed by atoms with E-state index in [-0.39, 0.29) is 6.10 Å². The number of aromatic nitrogens is 2. The third-order valence-corrected chi connectivity index (χ3v) is 2.88. The Kier molecular flexibility index (Phi) is 3.66. The Morgan fingerprint density at radius 3 is 3.13 bits per heavy atom. The summed E-state index contributed by atoms with van der Waals surface area (Å²) < 4.78 is 5.69. The average Bonchev–Trinajstić information content (AvgIpc) is 2.69. The molecule has 15 heavy (non-hydrogen) atoms. The molecule has 0 aliphatic carbocycles. The van der Waals surface area contributed by atoms with Crippen LogP contribution in [-0.4, -0.2) is 35.4 Å². The zero-order valence-corrected chi connectivity index (χ0v) is 9.94. The van der Waals surface area contributed by atoms with Crippen molar-refractivity contribution >= 4 is 23.4 Å². The highest BCUT2D eigenvalue weighted by molar-refractivity contribution is 7.98. The van der Waals surface area contributed by atoms with Gasteiger partial charge in [0.05, 0.1) is 0 Å². The summed E-state index contributed by atoms with van der Waals surface area (Å²) in [4.78, 5) is 8.28. The summed E-state index contributed by atoms with van der Waals surface area (Å²) in [6.07, 6.45) is 3.12. The lowest BCUT2D eigenvalue weighted by Crippen LogP contribution is -2.20. The van der Waals surface area contributed by atoms with Crippen LogP contribution in [0.4, 0.5) is 0 Å². The molecule has 0 aromatic carbocycles. The van der Waals surface area contributed by atoms with E-state index in [0.29, 0.717) is 16.2 Å². The normalized spacial score (nSPS) is 20.5. The summed E-state index contributed by atoms with van der Waals surface area (Å²) in [6.45, 7) is 1.87. The first-order chi connectivity index (χ1) is 7.28. The van der Waals surface area contributed by atoms with Gasteiger partial charge in [-0.25, -0.2) is 4.98 Å². The summed E-state index contributed by atoms with van der Waals surface area (Å²) in [5, 5.41) is 4.30. The van der Waals surface area contributed by atoms with E-state index in [9.17, 15) is 0 Å². The van der Waals surface area contributed by atoms with Gasteiger partial charge in [-0.1, -0.05) is 23.4 Å². The van der Waals surface area contributed by atoms with Crippen molar-refractivity contribution in [2.75, 3.05) is 19.3 Å². The molecule has 82 valence electrons. The number of rotatable bonds is 3. The second-order valence-electron chi connectivity index (χ2n) is 3.25. The number of hydrogen-bond donors (Lipinski definition) is 1. The van der Waals surface area contributed by atoms with Gasteiger partial charge in [-0.05, 0) is 19.2 Å². The molecule has 1 saturated heterocycles. The smallest absolute Gasteiger partial charge is 0.219 e. The van der Waals surface area contributed by atoms with Crippen LogP contribution >= 0.6 is 23.4 Å². The minimum absolute atomic E-state index is 0.200. The van der Waals surface area contributed by atoms with E-state index in [0.717, 1.165) is 19.5 Å². The van der Waals surface area contributed by atoms with E-state index in [1.54, 1.807) is 6.07 Å². The summed E-state index contributed by atoms with van der Waals surface area (Å²) in [6, 6.07) is 1.65. The van der Waals surface area contributed by atoms with Crippen molar-refractivity contribution < 1.29 is 4.74 Å². The van der Waals surface area contributed by atoms with Crippen molar-refractivity contribution in [3.63, 3.8) is 0 Å². The van der Waals surface area contributed by atoms with Gasteiger partial charge in [0, 0.05) is 12.6 Å². The van der Waals surface area contributed by atoms with Gasteiger partial charge in [0.1, 0.15) is 11.3 Å². The van der Waals surface area contributed by atoms with Crippen molar-refractivity contribution in [1.82, 2.24) is 15.3 Å². The van der Waals surface area contributed by atoms with Gasteiger partial charge >= 0.3 is 0 Å². The van der Waals surface area contributed by atoms with Gasteiger partial charge in [0.25, 0.3) is 0 Å². The minimum Gasteiger partial charge on any atom is -0.473 e. The van der Waals surface area contributed by atoms with Crippen LogP contribution in [0.5, 0.6) is 5.88 Å². The molecule has 2 heterocycles. The fraction of sp³-hybridized carbons (Fsp3) is 0.556. The van der Waals surface area contributed by atoms with Crippen LogP contribution in [-0.2, 0) is 0 Å². The van der Waals surface area contributed by atoms with Gasteiger partial charge in [-0.15, -0.1) is 0 Å². The Labute approximate surface area is 97.8 Å². The molecule has 0 unspecified atom stereocenters. The first kappa shape index (κ1) is 11.0. The number of hydrogen-bond acceptors (Lipinski definition) is 5. The van der Waals surface area contributed by atoms with Gasteiger partial charge in [0.15, 0.2) is 5.16 Å². The van der Waals surface area contributed by atoms with Crippen LogP contribution in [0, 0.1) is 0 Å². The van der Waals surface area contributed by atoms with Crippen molar-refractivity contribution in [3.05, 3.63) is 11.2 Å². The molecule has 1 atom stereocenters. The Balaban J connectivity index is 2.09. The summed E-state index contributed by atoms with van der Waals surface area (Å²) >= 11 is 7.31. The molecular weight excluding hydrogens is 234 g/mol. The molecule has 1 aromatic heterocycles. The Bertz CT molecular complexity index is 344. The van der Waals surface area contributed by atoms with Crippen molar-refractivity contribution in [3.8, 4) is 5.88 Å². The van der Waals surface area contributed by atoms with Gasteiger partial charge in [-0.3, -0.25) is 0 Å². The third kappa shape index (κ3) is 2.96. The maximum absolute atomic E-state index is 5.85. The maximum atomic E-state index is 5.85. The van der Waals surface area contributed by atoms with Crippen LogP contribution in [0.25, 0.3) is 0 Å². The van der Waals surface area contributed by atoms with Crippen LogP contribution in [0.1, 0.15) is 6.42 Å². The molecule has 1 N–H and O–H groups in total. The number of nitrogens with one attached hydrogen (secondary N) is 1. The monoisotopic (exact) mass is 245 g/mol. The molecule has 0 bridgehead atoms. The molecule has 1 aliphatic heterocycles. The number of ether oxygens (including phenoxy) is 1. The predicted octanol–water partition coefficient (Wildman–Crippen LogP) is 1.59. The fourth-order valence-corrected chi connectivity index (χ4v) is 2.02. The molecule has 2 rings (SSSR count). The lowest BCUT2D eigenvalue weighted by Gasteiger charge is -2.11.